The highest BCUT2D eigenvalue weighted by Crippen LogP contribution is 2.17. The van der Waals surface area contributed by atoms with E-state index in [1.165, 1.54) is 19.3 Å². The fraction of sp³-hybridized carbons (Fsp3) is 0.733. The standard InChI is InChI=1S/C15H26N4O/c1-3-11-17-15(16-4-2)18-12-10-14(20)19-13-8-6-5-7-9-13/h1,13H,4-12H2,2H3,(H,19,20)(H2,16,17,18). The quantitative estimate of drug-likeness (QED) is 0.386. The van der Waals surface area contributed by atoms with Crippen LogP contribution in [0, 0.1) is 12.3 Å². The Balaban J connectivity index is 2.25. The summed E-state index contributed by atoms with van der Waals surface area (Å²) in [6, 6.07) is 0.369. The van der Waals surface area contributed by atoms with Crippen molar-refractivity contribution in [1.29, 1.82) is 0 Å². The van der Waals surface area contributed by atoms with Crippen LogP contribution in [0.25, 0.3) is 0 Å². The Hall–Kier alpha value is -1.70. The van der Waals surface area contributed by atoms with Gasteiger partial charge in [-0.3, -0.25) is 9.79 Å². The molecule has 5 nitrogen and oxygen atoms in total. The number of hydrogen-bond donors (Lipinski definition) is 3. The molecule has 0 heterocycles. The van der Waals surface area contributed by atoms with Crippen LogP contribution in [0.5, 0.6) is 0 Å². The third kappa shape index (κ3) is 7.03. The van der Waals surface area contributed by atoms with E-state index in [9.17, 15) is 4.79 Å². The molecule has 1 fully saturated rings. The van der Waals surface area contributed by atoms with Crippen LogP contribution in [-0.4, -0.2) is 37.5 Å². The highest BCUT2D eigenvalue weighted by atomic mass is 16.1. The average Bonchev–Trinajstić information content (AvgIpc) is 2.45. The second kappa shape index (κ2) is 10.1. The number of carbonyl (C=O) groups is 1. The predicted molar refractivity (Wildman–Crippen MR) is 82.4 cm³/mol. The van der Waals surface area contributed by atoms with Gasteiger partial charge in [-0.25, -0.2) is 0 Å². The van der Waals surface area contributed by atoms with Crippen molar-refractivity contribution in [2.75, 3.05) is 19.6 Å². The van der Waals surface area contributed by atoms with Crippen molar-refractivity contribution in [3.63, 3.8) is 0 Å². The van der Waals surface area contributed by atoms with Crippen LogP contribution in [0.3, 0.4) is 0 Å². The van der Waals surface area contributed by atoms with Crippen molar-refractivity contribution in [3.05, 3.63) is 0 Å². The van der Waals surface area contributed by atoms with Crippen molar-refractivity contribution in [1.82, 2.24) is 16.0 Å². The van der Waals surface area contributed by atoms with E-state index < -0.39 is 0 Å². The minimum absolute atomic E-state index is 0.0912. The highest BCUT2D eigenvalue weighted by Gasteiger charge is 2.15. The maximum absolute atomic E-state index is 11.8. The van der Waals surface area contributed by atoms with Gasteiger partial charge < -0.3 is 16.0 Å². The number of guanidine groups is 1. The molecule has 0 aliphatic heterocycles. The van der Waals surface area contributed by atoms with E-state index in [0.29, 0.717) is 31.5 Å². The van der Waals surface area contributed by atoms with E-state index in [4.69, 9.17) is 6.42 Å². The molecule has 1 aliphatic rings. The van der Waals surface area contributed by atoms with E-state index in [1.807, 2.05) is 6.92 Å². The maximum Gasteiger partial charge on any atom is 0.222 e. The van der Waals surface area contributed by atoms with Crippen molar-refractivity contribution < 1.29 is 4.79 Å². The first-order valence-electron chi connectivity index (χ1n) is 7.51. The lowest BCUT2D eigenvalue weighted by molar-refractivity contribution is -0.121. The van der Waals surface area contributed by atoms with Gasteiger partial charge in [0.15, 0.2) is 5.96 Å². The zero-order chi connectivity index (χ0) is 14.6. The van der Waals surface area contributed by atoms with Crippen LogP contribution in [0.2, 0.25) is 0 Å². The molecule has 1 aliphatic carbocycles. The number of terminal acetylenes is 1. The molecule has 20 heavy (non-hydrogen) atoms. The maximum atomic E-state index is 11.8. The molecule has 1 rings (SSSR count). The molecule has 0 bridgehead atoms. The molecule has 0 atom stereocenters. The van der Waals surface area contributed by atoms with Gasteiger partial charge in [0, 0.05) is 19.0 Å². The Bertz CT molecular complexity index is 353. The lowest BCUT2D eigenvalue weighted by Crippen LogP contribution is -2.38. The van der Waals surface area contributed by atoms with Crippen LogP contribution >= 0.6 is 0 Å². The molecule has 0 unspecified atom stereocenters. The molecule has 5 heteroatoms. The van der Waals surface area contributed by atoms with E-state index in [2.05, 4.69) is 26.9 Å². The summed E-state index contributed by atoms with van der Waals surface area (Å²) in [5.41, 5.74) is 0. The summed E-state index contributed by atoms with van der Waals surface area (Å²) in [4.78, 5) is 16.1. The lowest BCUT2D eigenvalue weighted by atomic mass is 9.95. The number of rotatable bonds is 6. The molecule has 1 saturated carbocycles. The van der Waals surface area contributed by atoms with E-state index in [1.54, 1.807) is 0 Å². The van der Waals surface area contributed by atoms with Gasteiger partial charge >= 0.3 is 0 Å². The van der Waals surface area contributed by atoms with Crippen molar-refractivity contribution in [3.8, 4) is 12.3 Å². The molecule has 0 aromatic carbocycles. The number of nitrogens with zero attached hydrogens (tertiary/aromatic N) is 1. The Labute approximate surface area is 122 Å². The molecule has 3 N–H and O–H groups in total. The summed E-state index contributed by atoms with van der Waals surface area (Å²) >= 11 is 0. The van der Waals surface area contributed by atoms with Crippen LogP contribution in [0.15, 0.2) is 4.99 Å². The fourth-order valence-corrected chi connectivity index (χ4v) is 2.29. The van der Waals surface area contributed by atoms with E-state index in [0.717, 1.165) is 19.4 Å². The zero-order valence-corrected chi connectivity index (χ0v) is 12.4. The van der Waals surface area contributed by atoms with Crippen molar-refractivity contribution in [2.45, 2.75) is 51.5 Å². The van der Waals surface area contributed by atoms with Crippen LogP contribution < -0.4 is 16.0 Å². The Morgan fingerprint density at radius 1 is 1.30 bits per heavy atom. The van der Waals surface area contributed by atoms with Gasteiger partial charge in [-0.15, -0.1) is 6.42 Å². The lowest BCUT2D eigenvalue weighted by Gasteiger charge is -2.22. The summed E-state index contributed by atoms with van der Waals surface area (Å²) in [5, 5.41) is 9.17. The number of nitrogens with one attached hydrogen (secondary N) is 3. The number of amides is 1. The first-order valence-corrected chi connectivity index (χ1v) is 7.51. The average molecular weight is 278 g/mol. The van der Waals surface area contributed by atoms with Gasteiger partial charge in [0.2, 0.25) is 5.91 Å². The molecule has 0 radical (unpaired) electrons. The molecule has 1 amide bonds. The topological polar surface area (TPSA) is 65.5 Å². The van der Waals surface area contributed by atoms with E-state index >= 15 is 0 Å². The number of carbonyl (C=O) groups excluding carboxylic acids is 1. The van der Waals surface area contributed by atoms with Crippen molar-refractivity contribution >= 4 is 11.9 Å². The predicted octanol–water partition coefficient (Wildman–Crippen LogP) is 1.01. The monoisotopic (exact) mass is 278 g/mol. The largest absolute Gasteiger partial charge is 0.357 e. The van der Waals surface area contributed by atoms with Gasteiger partial charge in [-0.2, -0.15) is 0 Å². The third-order valence-electron chi connectivity index (χ3n) is 3.28. The molecule has 0 aromatic heterocycles. The molecule has 0 saturated heterocycles. The summed E-state index contributed by atoms with van der Waals surface area (Å²) in [6.45, 7) is 3.66. The smallest absolute Gasteiger partial charge is 0.222 e. The van der Waals surface area contributed by atoms with Crippen molar-refractivity contribution in [2.24, 2.45) is 4.99 Å². The summed E-state index contributed by atoms with van der Waals surface area (Å²) in [7, 11) is 0. The van der Waals surface area contributed by atoms with Crippen LogP contribution in [0.1, 0.15) is 45.4 Å². The molecule has 0 aromatic rings. The number of aliphatic imine (C=N–C) groups is 1. The van der Waals surface area contributed by atoms with Gasteiger partial charge in [0.05, 0.1) is 13.1 Å². The van der Waals surface area contributed by atoms with E-state index in [-0.39, 0.29) is 5.91 Å². The minimum atomic E-state index is 0.0912. The van der Waals surface area contributed by atoms with Crippen LogP contribution in [-0.2, 0) is 4.79 Å². The summed E-state index contributed by atoms with van der Waals surface area (Å²) in [6.07, 6.45) is 11.6. The van der Waals surface area contributed by atoms with Gasteiger partial charge in [0.25, 0.3) is 0 Å². The summed E-state index contributed by atoms with van der Waals surface area (Å²) in [5.74, 6) is 3.25. The summed E-state index contributed by atoms with van der Waals surface area (Å²) < 4.78 is 0. The zero-order valence-electron chi connectivity index (χ0n) is 12.4. The Morgan fingerprint density at radius 3 is 2.70 bits per heavy atom. The van der Waals surface area contributed by atoms with Gasteiger partial charge in [-0.1, -0.05) is 25.2 Å². The fourth-order valence-electron chi connectivity index (χ4n) is 2.29. The Kier molecular flexibility index (Phi) is 8.28. The molecule has 112 valence electrons. The number of hydrogen-bond acceptors (Lipinski definition) is 2. The third-order valence-corrected chi connectivity index (χ3v) is 3.28. The first-order chi connectivity index (χ1) is 9.76. The first kappa shape index (κ1) is 16.4. The SMILES string of the molecule is C#CCNC(=NCCC(=O)NC1CCCCC1)NCC. The molecule has 0 spiro atoms. The second-order valence-electron chi connectivity index (χ2n) is 4.97. The highest BCUT2D eigenvalue weighted by molar-refractivity contribution is 5.81. The van der Waals surface area contributed by atoms with Crippen LogP contribution in [0.4, 0.5) is 0 Å². The van der Waals surface area contributed by atoms with Gasteiger partial charge in [-0.05, 0) is 19.8 Å². The normalized spacial score (nSPS) is 16.3. The molecular formula is C15H26N4O. The Morgan fingerprint density at radius 2 is 2.05 bits per heavy atom. The minimum Gasteiger partial charge on any atom is -0.357 e. The van der Waals surface area contributed by atoms with Gasteiger partial charge in [0.1, 0.15) is 0 Å². The molecular weight excluding hydrogens is 252 g/mol. The second-order valence-corrected chi connectivity index (χ2v) is 4.97.